The molecule has 0 atom stereocenters. The van der Waals surface area contributed by atoms with Gasteiger partial charge in [0, 0.05) is 35.6 Å². The number of hydrogen-bond donors (Lipinski definition) is 2. The standard InChI is InChI=1S/C13H21N3O2/c1-5-6-14-10-7-11(15-13(2,3)4)9-12(8-10)16(17)18/h7-9,14-15H,5-6H2,1-4H3. The van der Waals surface area contributed by atoms with Crippen LogP contribution in [0.3, 0.4) is 0 Å². The molecule has 0 aromatic heterocycles. The Morgan fingerprint density at radius 2 is 1.83 bits per heavy atom. The van der Waals surface area contributed by atoms with Crippen molar-refractivity contribution in [1.82, 2.24) is 0 Å². The van der Waals surface area contributed by atoms with Crippen LogP contribution in [0, 0.1) is 10.1 Å². The number of nitro groups is 1. The van der Waals surface area contributed by atoms with Gasteiger partial charge >= 0.3 is 0 Å². The van der Waals surface area contributed by atoms with E-state index in [1.165, 1.54) is 0 Å². The van der Waals surface area contributed by atoms with Crippen molar-refractivity contribution >= 4 is 17.1 Å². The molecule has 2 N–H and O–H groups in total. The zero-order valence-corrected chi connectivity index (χ0v) is 11.4. The van der Waals surface area contributed by atoms with Gasteiger partial charge in [0.2, 0.25) is 0 Å². The topological polar surface area (TPSA) is 67.2 Å². The van der Waals surface area contributed by atoms with E-state index in [4.69, 9.17) is 0 Å². The molecule has 100 valence electrons. The van der Waals surface area contributed by atoms with Gasteiger partial charge in [-0.3, -0.25) is 10.1 Å². The number of benzene rings is 1. The number of non-ortho nitro benzene ring substituents is 1. The largest absolute Gasteiger partial charge is 0.385 e. The average Bonchev–Trinajstić information content (AvgIpc) is 2.23. The van der Waals surface area contributed by atoms with Crippen LogP contribution in [0.1, 0.15) is 34.1 Å². The van der Waals surface area contributed by atoms with Crippen molar-refractivity contribution < 1.29 is 4.92 Å². The number of hydrogen-bond acceptors (Lipinski definition) is 4. The summed E-state index contributed by atoms with van der Waals surface area (Å²) in [5, 5.41) is 17.3. The molecule has 1 rings (SSSR count). The first kappa shape index (κ1) is 14.3. The van der Waals surface area contributed by atoms with Crippen molar-refractivity contribution in [2.75, 3.05) is 17.2 Å². The fourth-order valence-electron chi connectivity index (χ4n) is 1.59. The van der Waals surface area contributed by atoms with E-state index in [9.17, 15) is 10.1 Å². The first-order valence-electron chi connectivity index (χ1n) is 6.13. The van der Waals surface area contributed by atoms with Gasteiger partial charge in [0.15, 0.2) is 0 Å². The molecule has 0 amide bonds. The molecular formula is C13H21N3O2. The van der Waals surface area contributed by atoms with Crippen molar-refractivity contribution in [2.45, 2.75) is 39.7 Å². The molecular weight excluding hydrogens is 230 g/mol. The highest BCUT2D eigenvalue weighted by Crippen LogP contribution is 2.26. The Balaban J connectivity index is 3.02. The van der Waals surface area contributed by atoms with Gasteiger partial charge in [0.25, 0.3) is 5.69 Å². The summed E-state index contributed by atoms with van der Waals surface area (Å²) < 4.78 is 0. The minimum Gasteiger partial charge on any atom is -0.385 e. The molecule has 1 aromatic carbocycles. The van der Waals surface area contributed by atoms with Gasteiger partial charge in [-0.1, -0.05) is 6.92 Å². The second-order valence-electron chi connectivity index (χ2n) is 5.33. The molecule has 0 bridgehead atoms. The Labute approximate surface area is 108 Å². The van der Waals surface area contributed by atoms with Crippen molar-refractivity contribution in [1.29, 1.82) is 0 Å². The summed E-state index contributed by atoms with van der Waals surface area (Å²) >= 11 is 0. The molecule has 0 fully saturated rings. The molecule has 18 heavy (non-hydrogen) atoms. The maximum Gasteiger partial charge on any atom is 0.273 e. The maximum atomic E-state index is 10.9. The molecule has 0 saturated carbocycles. The maximum absolute atomic E-state index is 10.9. The SMILES string of the molecule is CCCNc1cc(NC(C)(C)C)cc([N+](=O)[O-])c1. The lowest BCUT2D eigenvalue weighted by Crippen LogP contribution is -2.26. The number of nitro benzene ring substituents is 1. The highest BCUT2D eigenvalue weighted by atomic mass is 16.6. The van der Waals surface area contributed by atoms with Crippen LogP contribution in [-0.4, -0.2) is 17.0 Å². The highest BCUT2D eigenvalue weighted by Gasteiger charge is 2.14. The predicted molar refractivity (Wildman–Crippen MR) is 75.3 cm³/mol. The number of nitrogens with zero attached hydrogens (tertiary/aromatic N) is 1. The Hall–Kier alpha value is -1.78. The van der Waals surface area contributed by atoms with Gasteiger partial charge in [-0.15, -0.1) is 0 Å². The lowest BCUT2D eigenvalue weighted by Gasteiger charge is -2.22. The first-order valence-corrected chi connectivity index (χ1v) is 6.13. The summed E-state index contributed by atoms with van der Waals surface area (Å²) in [6.07, 6.45) is 0.977. The van der Waals surface area contributed by atoms with Crippen LogP contribution < -0.4 is 10.6 Å². The van der Waals surface area contributed by atoms with Gasteiger partial charge in [-0.05, 0) is 33.3 Å². The smallest absolute Gasteiger partial charge is 0.273 e. The molecule has 0 aliphatic heterocycles. The molecule has 5 nitrogen and oxygen atoms in total. The lowest BCUT2D eigenvalue weighted by atomic mass is 10.1. The molecule has 0 unspecified atom stereocenters. The molecule has 0 aliphatic rings. The highest BCUT2D eigenvalue weighted by molar-refractivity contribution is 5.64. The van der Waals surface area contributed by atoms with E-state index in [-0.39, 0.29) is 16.1 Å². The van der Waals surface area contributed by atoms with Gasteiger partial charge < -0.3 is 10.6 Å². The first-order chi connectivity index (χ1) is 8.31. The Morgan fingerprint density at radius 3 is 2.33 bits per heavy atom. The molecule has 0 heterocycles. The summed E-state index contributed by atoms with van der Waals surface area (Å²) in [6, 6.07) is 5.01. The molecule has 0 spiro atoms. The second-order valence-corrected chi connectivity index (χ2v) is 5.33. The van der Waals surface area contributed by atoms with Crippen LogP contribution in [0.4, 0.5) is 17.1 Å². The lowest BCUT2D eigenvalue weighted by molar-refractivity contribution is -0.384. The summed E-state index contributed by atoms with van der Waals surface area (Å²) in [4.78, 5) is 10.5. The third kappa shape index (κ3) is 4.61. The van der Waals surface area contributed by atoms with E-state index in [0.717, 1.165) is 24.3 Å². The fourth-order valence-corrected chi connectivity index (χ4v) is 1.59. The van der Waals surface area contributed by atoms with E-state index < -0.39 is 0 Å². The van der Waals surface area contributed by atoms with E-state index in [1.54, 1.807) is 12.1 Å². The van der Waals surface area contributed by atoms with Gasteiger partial charge in [-0.2, -0.15) is 0 Å². The van der Waals surface area contributed by atoms with Crippen LogP contribution in [0.5, 0.6) is 0 Å². The second kappa shape index (κ2) is 5.71. The van der Waals surface area contributed by atoms with Gasteiger partial charge in [-0.25, -0.2) is 0 Å². The Kier molecular flexibility index (Phi) is 4.53. The van der Waals surface area contributed by atoms with Crippen molar-refractivity contribution in [3.05, 3.63) is 28.3 Å². The van der Waals surface area contributed by atoms with Crippen molar-refractivity contribution in [3.8, 4) is 0 Å². The number of rotatable bonds is 5. The Morgan fingerprint density at radius 1 is 1.22 bits per heavy atom. The van der Waals surface area contributed by atoms with Crippen molar-refractivity contribution in [2.24, 2.45) is 0 Å². The van der Waals surface area contributed by atoms with E-state index in [0.29, 0.717) is 0 Å². The zero-order valence-electron chi connectivity index (χ0n) is 11.4. The number of anilines is 2. The monoisotopic (exact) mass is 251 g/mol. The Bertz CT molecular complexity index is 425. The van der Waals surface area contributed by atoms with Crippen LogP contribution >= 0.6 is 0 Å². The van der Waals surface area contributed by atoms with Crippen molar-refractivity contribution in [3.63, 3.8) is 0 Å². The average molecular weight is 251 g/mol. The third-order valence-electron chi connectivity index (χ3n) is 2.23. The van der Waals surface area contributed by atoms with Crippen LogP contribution in [0.25, 0.3) is 0 Å². The number of nitrogens with one attached hydrogen (secondary N) is 2. The molecule has 0 saturated heterocycles. The third-order valence-corrected chi connectivity index (χ3v) is 2.23. The quantitative estimate of drug-likeness (QED) is 0.619. The fraction of sp³-hybridized carbons (Fsp3) is 0.538. The van der Waals surface area contributed by atoms with Crippen LogP contribution in [-0.2, 0) is 0 Å². The predicted octanol–water partition coefficient (Wildman–Crippen LogP) is 3.63. The van der Waals surface area contributed by atoms with E-state index in [2.05, 4.69) is 17.6 Å². The van der Waals surface area contributed by atoms with Gasteiger partial charge in [0.1, 0.15) is 0 Å². The van der Waals surface area contributed by atoms with Gasteiger partial charge in [0.05, 0.1) is 4.92 Å². The van der Waals surface area contributed by atoms with E-state index >= 15 is 0 Å². The van der Waals surface area contributed by atoms with Crippen LogP contribution in [0.15, 0.2) is 18.2 Å². The van der Waals surface area contributed by atoms with Crippen LogP contribution in [0.2, 0.25) is 0 Å². The molecule has 1 aromatic rings. The summed E-state index contributed by atoms with van der Waals surface area (Å²) in [6.45, 7) is 8.91. The molecule has 5 heteroatoms. The molecule has 0 aliphatic carbocycles. The summed E-state index contributed by atoms with van der Waals surface area (Å²) in [5.41, 5.74) is 1.51. The summed E-state index contributed by atoms with van der Waals surface area (Å²) in [5.74, 6) is 0. The summed E-state index contributed by atoms with van der Waals surface area (Å²) in [7, 11) is 0. The normalized spacial score (nSPS) is 11.1. The minimum absolute atomic E-state index is 0.0999. The zero-order chi connectivity index (χ0) is 13.8. The molecule has 0 radical (unpaired) electrons. The van der Waals surface area contributed by atoms with E-state index in [1.807, 2.05) is 26.8 Å². The minimum atomic E-state index is -0.370.